The number of ketones is 1. The fourth-order valence-corrected chi connectivity index (χ4v) is 5.12. The highest BCUT2D eigenvalue weighted by Crippen LogP contribution is 2.26. The topological polar surface area (TPSA) is 160 Å². The molecule has 0 aliphatic carbocycles. The Balaban J connectivity index is 1.83. The second-order valence-electron chi connectivity index (χ2n) is 12.0. The molecule has 3 N–H and O–H groups in total. The Hall–Kier alpha value is -4.40. The lowest BCUT2D eigenvalue weighted by Crippen LogP contribution is -2.59. The van der Waals surface area contributed by atoms with Gasteiger partial charge in [-0.05, 0) is 23.8 Å². The fraction of sp³-hybridized carbons (Fsp3) is 0.531. The normalized spacial score (nSPS) is 18.4. The van der Waals surface area contributed by atoms with E-state index in [2.05, 4.69) is 25.9 Å². The Morgan fingerprint density at radius 2 is 1.62 bits per heavy atom. The maximum atomic E-state index is 14.1. The Kier molecular flexibility index (Phi) is 13.0. The quantitative estimate of drug-likeness (QED) is 0.279. The van der Waals surface area contributed by atoms with Crippen LogP contribution >= 0.6 is 0 Å². The van der Waals surface area contributed by atoms with Crippen LogP contribution in [-0.4, -0.2) is 87.3 Å². The summed E-state index contributed by atoms with van der Waals surface area (Å²) in [7, 11) is 0. The van der Waals surface area contributed by atoms with Crippen LogP contribution < -0.4 is 16.0 Å². The molecule has 1 fully saturated rings. The summed E-state index contributed by atoms with van der Waals surface area (Å²) in [5.74, 6) is -5.93. The van der Waals surface area contributed by atoms with Crippen molar-refractivity contribution in [3.63, 3.8) is 0 Å². The Labute approximate surface area is 271 Å². The second kappa shape index (κ2) is 16.4. The van der Waals surface area contributed by atoms with Crippen LogP contribution in [0.25, 0.3) is 0 Å². The van der Waals surface area contributed by atoms with E-state index in [1.165, 1.54) is 30.4 Å². The lowest BCUT2D eigenvalue weighted by atomic mass is 9.98. The van der Waals surface area contributed by atoms with E-state index in [9.17, 15) is 37.1 Å². The van der Waals surface area contributed by atoms with Crippen molar-refractivity contribution in [1.82, 2.24) is 30.8 Å². The molecule has 3 rings (SSSR count). The highest BCUT2D eigenvalue weighted by atomic mass is 19.4. The fourth-order valence-electron chi connectivity index (χ4n) is 5.12. The number of nitrogens with one attached hydrogen (secondary N) is 3. The van der Waals surface area contributed by atoms with Gasteiger partial charge in [-0.15, -0.1) is 0 Å². The van der Waals surface area contributed by atoms with Crippen LogP contribution in [0.1, 0.15) is 63.5 Å². The highest BCUT2D eigenvalue weighted by Gasteiger charge is 2.47. The molecule has 2 heterocycles. The zero-order valence-electron chi connectivity index (χ0n) is 26.9. The Morgan fingerprint density at radius 1 is 0.957 bits per heavy atom. The smallest absolute Gasteiger partial charge is 0.372 e. The molecule has 1 aliphatic heterocycles. The molecule has 1 unspecified atom stereocenters. The number of aromatic nitrogens is 2. The van der Waals surface area contributed by atoms with E-state index >= 15 is 0 Å². The number of benzene rings is 1. The Morgan fingerprint density at radius 3 is 2.17 bits per heavy atom. The van der Waals surface area contributed by atoms with Crippen LogP contribution in [0.2, 0.25) is 0 Å². The van der Waals surface area contributed by atoms with Crippen molar-refractivity contribution in [2.24, 2.45) is 11.8 Å². The average molecular weight is 663 g/mol. The molecule has 0 saturated carbocycles. The highest BCUT2D eigenvalue weighted by molar-refractivity contribution is 5.98. The average Bonchev–Trinajstić information content (AvgIpc) is 3.47. The first-order valence-corrected chi connectivity index (χ1v) is 15.4. The SMILES string of the molecule is CCC(NC(=O)[C@@H]1C[C@@H](OCc2ccccc2)CN1C(=O)[C@H](NC(=O)[C@H](NC(=O)c1cnccn1)C(C)C)C(C)C)C(=O)C(F)(F)F. The van der Waals surface area contributed by atoms with Gasteiger partial charge in [0.15, 0.2) is 0 Å². The molecule has 1 saturated heterocycles. The summed E-state index contributed by atoms with van der Waals surface area (Å²) in [5.41, 5.74) is 0.819. The molecule has 1 aromatic heterocycles. The van der Waals surface area contributed by atoms with Crippen LogP contribution in [0.15, 0.2) is 48.9 Å². The number of Topliss-reactive ketones (excluding diaryl/α,β-unsaturated/α-hetero) is 1. The molecule has 12 nitrogen and oxygen atoms in total. The molecule has 0 bridgehead atoms. The van der Waals surface area contributed by atoms with Gasteiger partial charge in [-0.1, -0.05) is 65.0 Å². The minimum Gasteiger partial charge on any atom is -0.372 e. The molecule has 2 aromatic rings. The lowest BCUT2D eigenvalue weighted by molar-refractivity contribution is -0.174. The first kappa shape index (κ1) is 37.1. The number of hydrogen-bond donors (Lipinski definition) is 3. The first-order valence-electron chi connectivity index (χ1n) is 15.4. The monoisotopic (exact) mass is 662 g/mol. The molecule has 256 valence electrons. The summed E-state index contributed by atoms with van der Waals surface area (Å²) in [6.07, 6.45) is -2.25. The predicted octanol–water partition coefficient (Wildman–Crippen LogP) is 2.58. The van der Waals surface area contributed by atoms with Crippen molar-refractivity contribution in [3.8, 4) is 0 Å². The predicted molar refractivity (Wildman–Crippen MR) is 163 cm³/mol. The van der Waals surface area contributed by atoms with E-state index in [0.717, 1.165) is 5.56 Å². The summed E-state index contributed by atoms with van der Waals surface area (Å²) in [6, 6.07) is 3.75. The molecular formula is C32H41F3N6O6. The van der Waals surface area contributed by atoms with Crippen LogP contribution in [0.3, 0.4) is 0 Å². The van der Waals surface area contributed by atoms with E-state index in [1.807, 2.05) is 30.3 Å². The van der Waals surface area contributed by atoms with E-state index in [0.29, 0.717) is 0 Å². The maximum absolute atomic E-state index is 14.1. The van der Waals surface area contributed by atoms with E-state index in [-0.39, 0.29) is 31.7 Å². The van der Waals surface area contributed by atoms with Crippen LogP contribution in [0.5, 0.6) is 0 Å². The van der Waals surface area contributed by atoms with Crippen LogP contribution in [0.4, 0.5) is 13.2 Å². The molecule has 4 amide bonds. The van der Waals surface area contributed by atoms with Crippen molar-refractivity contribution in [3.05, 3.63) is 60.2 Å². The zero-order chi connectivity index (χ0) is 34.9. The van der Waals surface area contributed by atoms with Gasteiger partial charge >= 0.3 is 6.18 Å². The number of carbonyl (C=O) groups excluding carboxylic acids is 5. The van der Waals surface area contributed by atoms with Crippen LogP contribution in [-0.2, 0) is 30.5 Å². The summed E-state index contributed by atoms with van der Waals surface area (Å²) in [4.78, 5) is 74.7. The number of halogens is 3. The third-order valence-electron chi connectivity index (χ3n) is 7.76. The van der Waals surface area contributed by atoms with Crippen molar-refractivity contribution >= 4 is 29.4 Å². The number of nitrogens with zero attached hydrogens (tertiary/aromatic N) is 3. The number of carbonyl (C=O) groups is 5. The van der Waals surface area contributed by atoms with Crippen molar-refractivity contribution in [2.75, 3.05) is 6.54 Å². The van der Waals surface area contributed by atoms with E-state index in [4.69, 9.17) is 4.74 Å². The van der Waals surface area contributed by atoms with Gasteiger partial charge < -0.3 is 25.6 Å². The lowest BCUT2D eigenvalue weighted by Gasteiger charge is -2.32. The summed E-state index contributed by atoms with van der Waals surface area (Å²) in [5, 5.41) is 7.48. The van der Waals surface area contributed by atoms with Gasteiger partial charge in [0.05, 0.1) is 24.9 Å². The summed E-state index contributed by atoms with van der Waals surface area (Å²) in [6.45, 7) is 8.15. The number of amides is 4. The van der Waals surface area contributed by atoms with Gasteiger partial charge in [-0.3, -0.25) is 29.0 Å². The molecule has 15 heteroatoms. The number of likely N-dealkylation sites (tertiary alicyclic amines) is 1. The van der Waals surface area contributed by atoms with Crippen molar-refractivity contribution in [1.29, 1.82) is 0 Å². The van der Waals surface area contributed by atoms with Crippen molar-refractivity contribution < 1.29 is 41.9 Å². The van der Waals surface area contributed by atoms with Gasteiger partial charge in [0.25, 0.3) is 11.7 Å². The number of ether oxygens (including phenoxy) is 1. The molecule has 1 aliphatic rings. The maximum Gasteiger partial charge on any atom is 0.452 e. The van der Waals surface area contributed by atoms with Gasteiger partial charge in [0.1, 0.15) is 23.8 Å². The zero-order valence-corrected chi connectivity index (χ0v) is 26.9. The molecular weight excluding hydrogens is 621 g/mol. The molecule has 47 heavy (non-hydrogen) atoms. The van der Waals surface area contributed by atoms with E-state index < -0.39 is 77.7 Å². The minimum atomic E-state index is -5.16. The summed E-state index contributed by atoms with van der Waals surface area (Å²) < 4.78 is 45.6. The van der Waals surface area contributed by atoms with Gasteiger partial charge in [0.2, 0.25) is 17.7 Å². The standard InChI is InChI=1S/C32H41F3N6O6/c1-6-22(27(42)32(33,34)35)38-29(44)24-14-21(47-17-20-10-8-7-9-11-20)16-41(24)31(46)26(19(4)5)40-30(45)25(18(2)3)39-28(43)23-15-36-12-13-37-23/h7-13,15,18-19,21-22,24-26H,6,14,16-17H2,1-5H3,(H,38,44)(H,39,43)(H,40,45)/t21-,22?,24+,25-,26-/m1/s1. The summed E-state index contributed by atoms with van der Waals surface area (Å²) >= 11 is 0. The van der Waals surface area contributed by atoms with Crippen molar-refractivity contribution in [2.45, 2.75) is 90.5 Å². The van der Waals surface area contributed by atoms with Crippen LogP contribution in [0, 0.1) is 11.8 Å². The number of hydrogen-bond acceptors (Lipinski definition) is 8. The number of alkyl halides is 3. The molecule has 5 atom stereocenters. The molecule has 0 spiro atoms. The Bertz CT molecular complexity index is 1390. The van der Waals surface area contributed by atoms with Gasteiger partial charge in [-0.2, -0.15) is 13.2 Å². The third-order valence-corrected chi connectivity index (χ3v) is 7.76. The second-order valence-corrected chi connectivity index (χ2v) is 12.0. The first-order chi connectivity index (χ1) is 22.1. The molecule has 1 aromatic carbocycles. The number of rotatable bonds is 14. The van der Waals surface area contributed by atoms with Gasteiger partial charge in [-0.25, -0.2) is 4.98 Å². The molecule has 0 radical (unpaired) electrons. The minimum absolute atomic E-state index is 0.00992. The van der Waals surface area contributed by atoms with Gasteiger partial charge in [0, 0.05) is 25.4 Å². The third kappa shape index (κ3) is 10.0. The van der Waals surface area contributed by atoms with E-state index in [1.54, 1.807) is 27.7 Å². The largest absolute Gasteiger partial charge is 0.452 e.